The van der Waals surface area contributed by atoms with Crippen LogP contribution in [0.5, 0.6) is 0 Å². The van der Waals surface area contributed by atoms with E-state index in [2.05, 4.69) is 326 Å². The fourth-order valence-corrected chi connectivity index (χ4v) is 20.2. The van der Waals surface area contributed by atoms with Crippen LogP contribution in [0.25, 0.3) is 0 Å². The quantitative estimate of drug-likeness (QED) is 0.140. The van der Waals surface area contributed by atoms with Crippen molar-refractivity contribution in [1.29, 1.82) is 0 Å². The van der Waals surface area contributed by atoms with Crippen molar-refractivity contribution in [1.82, 2.24) is 0 Å². The van der Waals surface area contributed by atoms with Crippen LogP contribution in [-0.4, -0.2) is 0 Å². The van der Waals surface area contributed by atoms with Crippen molar-refractivity contribution in [3.05, 3.63) is 357 Å². The normalized spacial score (nSPS) is 28.1. The Morgan fingerprint density at radius 2 is 0.330 bits per heavy atom. The van der Waals surface area contributed by atoms with Crippen molar-refractivity contribution in [2.75, 3.05) is 0 Å². The maximum absolute atomic E-state index is 3.75. The first-order valence-electron chi connectivity index (χ1n) is 32.0. The highest BCUT2D eigenvalue weighted by Gasteiger charge is 2.79. The lowest BCUT2D eigenvalue weighted by molar-refractivity contribution is -0.237. The fraction of sp³-hybridized carbons (Fsp3) is 0.227. The molecule has 8 aliphatic carbocycles. The van der Waals surface area contributed by atoms with Gasteiger partial charge in [0.15, 0.2) is 0 Å². The van der Waals surface area contributed by atoms with E-state index in [-0.39, 0.29) is 43.3 Å². The highest BCUT2D eigenvalue weighted by atomic mass is 14.8. The standard InChI is InChI=1S/C88H70/c1-9-25-67(26-10-1)41-45-71-49-72(46-42-68-27-11-2-12-28-68)52-79(51-71)85-57-81(75-33-17-5-18-34-75)55-82(58-85,76-35-19-6-20-36-76)62-87(61-81,65-85)88-63-83(77-37-21-7-22-38-77)56-84(64-88,78-39-23-8-24-40-78)60-86(59-83,66-88)80-53-73(47-43-69-29-13-3-14-30-69)50-74(54-80)48-44-70-31-15-4-16-32-70/h1-40,49-54H,55-66H2. The zero-order chi connectivity index (χ0) is 58.8. The van der Waals surface area contributed by atoms with Crippen LogP contribution in [0.3, 0.4) is 0 Å². The Morgan fingerprint density at radius 1 is 0.159 bits per heavy atom. The first kappa shape index (κ1) is 53.9. The molecule has 88 heavy (non-hydrogen) atoms. The zero-order valence-corrected chi connectivity index (χ0v) is 50.0. The summed E-state index contributed by atoms with van der Waals surface area (Å²) in [5.74, 6) is 29.4. The molecular weight excluding hydrogens is 1060 g/mol. The van der Waals surface area contributed by atoms with Crippen molar-refractivity contribution in [3.63, 3.8) is 0 Å². The summed E-state index contributed by atoms with van der Waals surface area (Å²) >= 11 is 0. The van der Waals surface area contributed by atoms with E-state index in [1.54, 1.807) is 0 Å². The molecule has 10 aromatic rings. The number of hydrogen-bond donors (Lipinski definition) is 0. The smallest absolute Gasteiger partial charge is 0.0264 e. The lowest BCUT2D eigenvalue weighted by Gasteiger charge is -2.81. The second kappa shape index (κ2) is 21.1. The molecule has 0 N–H and O–H groups in total. The minimum atomic E-state index is -0.211. The molecular formula is C88H70. The first-order valence-corrected chi connectivity index (χ1v) is 32.0. The first-order chi connectivity index (χ1) is 43.2. The van der Waals surface area contributed by atoms with Gasteiger partial charge in [-0.3, -0.25) is 0 Å². The molecule has 0 saturated heterocycles. The molecule has 0 heterocycles. The topological polar surface area (TPSA) is 0 Å². The van der Waals surface area contributed by atoms with Crippen molar-refractivity contribution >= 4 is 0 Å². The van der Waals surface area contributed by atoms with Gasteiger partial charge >= 0.3 is 0 Å². The van der Waals surface area contributed by atoms with Crippen molar-refractivity contribution in [2.24, 2.45) is 10.8 Å². The van der Waals surface area contributed by atoms with E-state index >= 15 is 0 Å². The summed E-state index contributed by atoms with van der Waals surface area (Å²) in [6, 6.07) is 104. The van der Waals surface area contributed by atoms with E-state index in [1.807, 2.05) is 0 Å². The molecule has 8 fully saturated rings. The van der Waals surface area contributed by atoms with Gasteiger partial charge in [-0.15, -0.1) is 0 Å². The number of hydrogen-bond acceptors (Lipinski definition) is 0. The molecule has 0 nitrogen and oxygen atoms in total. The summed E-state index contributed by atoms with van der Waals surface area (Å²) in [6.45, 7) is 0. The molecule has 422 valence electrons. The number of benzene rings is 10. The van der Waals surface area contributed by atoms with Gasteiger partial charge in [0.25, 0.3) is 0 Å². The van der Waals surface area contributed by atoms with Gasteiger partial charge in [0, 0.05) is 44.5 Å². The summed E-state index contributed by atoms with van der Waals surface area (Å²) < 4.78 is 0. The van der Waals surface area contributed by atoms with Crippen molar-refractivity contribution in [3.8, 4) is 47.4 Å². The van der Waals surface area contributed by atoms with E-state index in [1.165, 1.54) is 33.4 Å². The Labute approximate surface area is 521 Å². The second-order valence-electron chi connectivity index (χ2n) is 27.9. The number of rotatable bonds is 7. The molecule has 0 amide bonds. The van der Waals surface area contributed by atoms with Crippen LogP contribution < -0.4 is 0 Å². The lowest BCUT2D eigenvalue weighted by Crippen LogP contribution is -2.75. The van der Waals surface area contributed by atoms with Crippen LogP contribution in [0.15, 0.2) is 279 Å². The van der Waals surface area contributed by atoms with Crippen LogP contribution >= 0.6 is 0 Å². The molecule has 0 aliphatic heterocycles. The Hall–Kier alpha value is -9.56. The van der Waals surface area contributed by atoms with Gasteiger partial charge in [0.2, 0.25) is 0 Å². The molecule has 0 aromatic heterocycles. The monoisotopic (exact) mass is 1130 g/mol. The lowest BCUT2D eigenvalue weighted by atomic mass is 9.23. The Kier molecular flexibility index (Phi) is 12.9. The van der Waals surface area contributed by atoms with E-state index in [0.717, 1.165) is 122 Å². The van der Waals surface area contributed by atoms with E-state index in [4.69, 9.17) is 0 Å². The summed E-state index contributed by atoms with van der Waals surface area (Å²) in [6.07, 6.45) is 13.5. The largest absolute Gasteiger partial charge is 0.0622 e. The summed E-state index contributed by atoms with van der Waals surface area (Å²) in [5.41, 5.74) is 16.0. The molecule has 0 radical (unpaired) electrons. The molecule has 0 heteroatoms. The third kappa shape index (κ3) is 9.37. The van der Waals surface area contributed by atoms with Crippen LogP contribution in [0, 0.1) is 58.2 Å². The van der Waals surface area contributed by atoms with Gasteiger partial charge in [-0.2, -0.15) is 0 Å². The molecule has 18 rings (SSSR count). The van der Waals surface area contributed by atoms with Crippen molar-refractivity contribution < 1.29 is 0 Å². The minimum Gasteiger partial charge on any atom is -0.0622 e. The molecule has 0 spiro atoms. The predicted molar refractivity (Wildman–Crippen MR) is 359 cm³/mol. The highest BCUT2D eigenvalue weighted by Crippen LogP contribution is 2.85. The Balaban J connectivity index is 0.966. The molecule has 8 saturated carbocycles. The molecule has 4 unspecified atom stereocenters. The van der Waals surface area contributed by atoms with Crippen LogP contribution in [0.4, 0.5) is 0 Å². The second-order valence-corrected chi connectivity index (χ2v) is 27.9. The molecule has 8 bridgehead atoms. The summed E-state index contributed by atoms with van der Waals surface area (Å²) in [7, 11) is 0. The SMILES string of the molecule is C(#Cc1cc(C#Cc2ccccc2)cc(C23CC4(c5ccccc5)CC(c5ccccc5)(C2)CC(C25CC6(c7ccccc7)CC(c7ccccc7)(CC(c7cc(C#Cc8ccccc8)cc(C#Cc8ccccc8)c7)(C6)C2)C5)(C4)C3)c1)c1ccccc1. The Morgan fingerprint density at radius 3 is 0.534 bits per heavy atom. The predicted octanol–water partition coefficient (Wildman–Crippen LogP) is 18.9. The maximum Gasteiger partial charge on any atom is 0.0264 e. The average molecular weight is 1130 g/mol. The molecule has 8 aliphatic rings. The van der Waals surface area contributed by atoms with Gasteiger partial charge in [-0.1, -0.05) is 241 Å². The van der Waals surface area contributed by atoms with Crippen LogP contribution in [0.1, 0.15) is 155 Å². The summed E-state index contributed by atoms with van der Waals surface area (Å²) in [5, 5.41) is 0. The Bertz CT molecular complexity index is 3960. The van der Waals surface area contributed by atoms with Gasteiger partial charge < -0.3 is 0 Å². The minimum absolute atomic E-state index is 0.0950. The average Bonchev–Trinajstić information content (AvgIpc) is 0.644. The highest BCUT2D eigenvalue weighted by molar-refractivity contribution is 5.59. The van der Waals surface area contributed by atoms with E-state index in [0.29, 0.717) is 0 Å². The van der Waals surface area contributed by atoms with E-state index < -0.39 is 0 Å². The van der Waals surface area contributed by atoms with Gasteiger partial charge in [-0.25, -0.2) is 0 Å². The van der Waals surface area contributed by atoms with Crippen molar-refractivity contribution in [2.45, 2.75) is 110 Å². The third-order valence-electron chi connectivity index (χ3n) is 22.4. The van der Waals surface area contributed by atoms with Crippen LogP contribution in [0.2, 0.25) is 0 Å². The maximum atomic E-state index is 3.75. The fourth-order valence-electron chi connectivity index (χ4n) is 20.2. The molecule has 4 atom stereocenters. The van der Waals surface area contributed by atoms with Gasteiger partial charge in [0.05, 0.1) is 0 Å². The molecule has 10 aromatic carbocycles. The van der Waals surface area contributed by atoms with E-state index in [9.17, 15) is 0 Å². The van der Waals surface area contributed by atoms with Gasteiger partial charge in [0.1, 0.15) is 0 Å². The summed E-state index contributed by atoms with van der Waals surface area (Å²) in [4.78, 5) is 0. The van der Waals surface area contributed by atoms with Gasteiger partial charge in [-0.05, 0) is 239 Å². The third-order valence-corrected chi connectivity index (χ3v) is 22.4. The zero-order valence-electron chi connectivity index (χ0n) is 50.0. The van der Waals surface area contributed by atoms with Crippen LogP contribution in [-0.2, 0) is 32.5 Å².